The Hall–Kier alpha value is -2.22. The first-order valence-corrected chi connectivity index (χ1v) is 7.66. The lowest BCUT2D eigenvalue weighted by atomic mass is 10.1. The van der Waals surface area contributed by atoms with Crippen molar-refractivity contribution in [2.24, 2.45) is 13.0 Å². The van der Waals surface area contributed by atoms with Gasteiger partial charge >= 0.3 is 0 Å². The third-order valence-corrected chi connectivity index (χ3v) is 4.32. The molecule has 0 spiro atoms. The minimum atomic E-state index is -0.445. The molecule has 2 aromatic rings. The molecule has 0 aliphatic carbocycles. The lowest BCUT2D eigenvalue weighted by Gasteiger charge is -2.08. The number of carbonyl (C=O) groups excluding carboxylic acids is 2. The van der Waals surface area contributed by atoms with E-state index in [2.05, 4.69) is 15.8 Å². The van der Waals surface area contributed by atoms with Crippen molar-refractivity contribution in [2.75, 3.05) is 0 Å². The quantitative estimate of drug-likeness (QED) is 0.828. The van der Waals surface area contributed by atoms with Gasteiger partial charge in [0.15, 0.2) is 0 Å². The van der Waals surface area contributed by atoms with Crippen LogP contribution in [0.3, 0.4) is 0 Å². The van der Waals surface area contributed by atoms with E-state index in [0.717, 1.165) is 11.3 Å². The average Bonchev–Trinajstić information content (AvgIpc) is 2.77. The molecule has 2 heterocycles. The van der Waals surface area contributed by atoms with Crippen LogP contribution in [0.25, 0.3) is 10.2 Å². The lowest BCUT2D eigenvalue weighted by molar-refractivity contribution is -0.122. The van der Waals surface area contributed by atoms with Crippen LogP contribution >= 0.6 is 11.3 Å². The summed E-state index contributed by atoms with van der Waals surface area (Å²) in [5.74, 6) is -0.494. The van der Waals surface area contributed by atoms with Gasteiger partial charge in [0.1, 0.15) is 4.83 Å². The fourth-order valence-electron chi connectivity index (χ4n) is 2.03. The van der Waals surface area contributed by atoms with Crippen molar-refractivity contribution in [1.29, 1.82) is 0 Å². The number of hydrogen-bond donors (Lipinski definition) is 2. The van der Waals surface area contributed by atoms with Crippen molar-refractivity contribution in [2.45, 2.75) is 27.2 Å². The van der Waals surface area contributed by atoms with Gasteiger partial charge in [-0.05, 0) is 18.4 Å². The number of nitrogens with zero attached hydrogens (tertiary/aromatic N) is 2. The van der Waals surface area contributed by atoms with Gasteiger partial charge in [-0.2, -0.15) is 0 Å². The van der Waals surface area contributed by atoms with Crippen LogP contribution in [0.2, 0.25) is 0 Å². The molecule has 2 rings (SSSR count). The number of rotatable bonds is 3. The van der Waals surface area contributed by atoms with Crippen molar-refractivity contribution in [3.8, 4) is 0 Å². The van der Waals surface area contributed by atoms with Crippen molar-refractivity contribution in [3.05, 3.63) is 27.1 Å². The maximum atomic E-state index is 12.2. The van der Waals surface area contributed by atoms with E-state index in [4.69, 9.17) is 0 Å². The minimum Gasteiger partial charge on any atom is -0.302 e. The zero-order valence-corrected chi connectivity index (χ0v) is 13.7. The SMILES string of the molecule is Cc1c(C(=O)NNC(=O)CC(C)C)sc2ncn(C)c(=O)c12. The highest BCUT2D eigenvalue weighted by Crippen LogP contribution is 2.26. The van der Waals surface area contributed by atoms with Crippen molar-refractivity contribution < 1.29 is 9.59 Å². The van der Waals surface area contributed by atoms with Crippen LogP contribution in [0.1, 0.15) is 35.5 Å². The van der Waals surface area contributed by atoms with E-state index < -0.39 is 5.91 Å². The summed E-state index contributed by atoms with van der Waals surface area (Å²) in [5, 5.41) is 0.439. The largest absolute Gasteiger partial charge is 0.302 e. The van der Waals surface area contributed by atoms with Gasteiger partial charge in [-0.15, -0.1) is 11.3 Å². The number of fused-ring (bicyclic) bond motifs is 1. The fourth-order valence-corrected chi connectivity index (χ4v) is 3.07. The van der Waals surface area contributed by atoms with Gasteiger partial charge in [0.2, 0.25) is 5.91 Å². The van der Waals surface area contributed by atoms with Crippen LogP contribution in [-0.4, -0.2) is 21.4 Å². The summed E-state index contributed by atoms with van der Waals surface area (Å²) in [6.07, 6.45) is 1.75. The van der Waals surface area contributed by atoms with E-state index in [1.807, 2.05) is 13.8 Å². The highest BCUT2D eigenvalue weighted by molar-refractivity contribution is 7.20. The first-order valence-electron chi connectivity index (χ1n) is 6.85. The Kier molecular flexibility index (Phi) is 4.60. The normalized spacial score (nSPS) is 11.0. The topological polar surface area (TPSA) is 93.1 Å². The number of aromatic nitrogens is 2. The molecule has 7 nitrogen and oxygen atoms in total. The zero-order valence-electron chi connectivity index (χ0n) is 12.9. The standard InChI is InChI=1S/C14H18N4O3S/c1-7(2)5-9(19)16-17-12(20)11-8(3)10-13(22-11)15-6-18(4)14(10)21/h6-7H,5H2,1-4H3,(H,16,19)(H,17,20). The van der Waals surface area contributed by atoms with Crippen LogP contribution in [-0.2, 0) is 11.8 Å². The molecule has 0 aliphatic heterocycles. The molecule has 0 aliphatic rings. The molecule has 8 heteroatoms. The van der Waals surface area contributed by atoms with Crippen LogP contribution in [0.15, 0.2) is 11.1 Å². The van der Waals surface area contributed by atoms with Crippen molar-refractivity contribution >= 4 is 33.4 Å². The van der Waals surface area contributed by atoms with Gasteiger partial charge in [0.05, 0.1) is 16.6 Å². The summed E-state index contributed by atoms with van der Waals surface area (Å²) in [6.45, 7) is 5.53. The second kappa shape index (κ2) is 6.27. The average molecular weight is 322 g/mol. The molecule has 0 fully saturated rings. The van der Waals surface area contributed by atoms with E-state index in [1.54, 1.807) is 14.0 Å². The Labute approximate surface area is 131 Å². The number of thiophene rings is 1. The van der Waals surface area contributed by atoms with Crippen molar-refractivity contribution in [3.63, 3.8) is 0 Å². The highest BCUT2D eigenvalue weighted by atomic mass is 32.1. The van der Waals surface area contributed by atoms with Gasteiger partial charge in [-0.3, -0.25) is 25.2 Å². The van der Waals surface area contributed by atoms with E-state index in [9.17, 15) is 14.4 Å². The smallest absolute Gasteiger partial charge is 0.280 e. The first kappa shape index (κ1) is 16.2. The van der Waals surface area contributed by atoms with E-state index >= 15 is 0 Å². The van der Waals surface area contributed by atoms with Crippen LogP contribution in [0, 0.1) is 12.8 Å². The number of amides is 2. The number of aryl methyl sites for hydroxylation is 2. The Balaban J connectivity index is 2.22. The van der Waals surface area contributed by atoms with Gasteiger partial charge in [-0.25, -0.2) is 4.98 Å². The Bertz CT molecular complexity index is 791. The number of nitrogens with one attached hydrogen (secondary N) is 2. The predicted molar refractivity (Wildman–Crippen MR) is 84.7 cm³/mol. The second-order valence-electron chi connectivity index (χ2n) is 5.50. The first-order chi connectivity index (χ1) is 10.3. The molecule has 2 amide bonds. The van der Waals surface area contributed by atoms with Gasteiger partial charge in [-0.1, -0.05) is 13.8 Å². The fraction of sp³-hybridized carbons (Fsp3) is 0.429. The molecule has 0 unspecified atom stereocenters. The third kappa shape index (κ3) is 3.16. The zero-order chi connectivity index (χ0) is 16.4. The highest BCUT2D eigenvalue weighted by Gasteiger charge is 2.19. The molecule has 0 atom stereocenters. The van der Waals surface area contributed by atoms with Crippen LogP contribution in [0.4, 0.5) is 0 Å². The molecule has 0 radical (unpaired) electrons. The number of hydrogen-bond acceptors (Lipinski definition) is 5. The monoisotopic (exact) mass is 322 g/mol. The molecule has 0 saturated carbocycles. The summed E-state index contributed by atoms with van der Waals surface area (Å²) in [6, 6.07) is 0. The van der Waals surface area contributed by atoms with E-state index in [1.165, 1.54) is 10.9 Å². The van der Waals surface area contributed by atoms with E-state index in [-0.39, 0.29) is 17.4 Å². The van der Waals surface area contributed by atoms with E-state index in [0.29, 0.717) is 27.1 Å². The molecule has 0 saturated heterocycles. The lowest BCUT2D eigenvalue weighted by Crippen LogP contribution is -2.41. The number of hydrazine groups is 1. The minimum absolute atomic E-state index is 0.193. The summed E-state index contributed by atoms with van der Waals surface area (Å²) < 4.78 is 1.37. The maximum absolute atomic E-state index is 12.2. The molecule has 0 bridgehead atoms. The summed E-state index contributed by atoms with van der Waals surface area (Å²) >= 11 is 1.13. The predicted octanol–water partition coefficient (Wildman–Crippen LogP) is 1.11. The van der Waals surface area contributed by atoms with Gasteiger partial charge < -0.3 is 4.57 Å². The third-order valence-electron chi connectivity index (χ3n) is 3.13. The summed E-state index contributed by atoms with van der Waals surface area (Å²) in [4.78, 5) is 40.9. The van der Waals surface area contributed by atoms with Crippen LogP contribution < -0.4 is 16.4 Å². The molecular weight excluding hydrogens is 304 g/mol. The summed E-state index contributed by atoms with van der Waals surface area (Å²) in [7, 11) is 1.61. The molecule has 118 valence electrons. The molecule has 0 aromatic carbocycles. The molecule has 22 heavy (non-hydrogen) atoms. The maximum Gasteiger partial charge on any atom is 0.280 e. The number of carbonyl (C=O) groups is 2. The van der Waals surface area contributed by atoms with Crippen molar-refractivity contribution in [1.82, 2.24) is 20.4 Å². The molecule has 2 aromatic heterocycles. The van der Waals surface area contributed by atoms with Gasteiger partial charge in [0.25, 0.3) is 11.5 Å². The Morgan fingerprint density at radius 1 is 1.36 bits per heavy atom. The molecule has 2 N–H and O–H groups in total. The van der Waals surface area contributed by atoms with Gasteiger partial charge in [0, 0.05) is 13.5 Å². The summed E-state index contributed by atoms with van der Waals surface area (Å²) in [5.41, 5.74) is 5.13. The Morgan fingerprint density at radius 3 is 2.68 bits per heavy atom. The molecular formula is C14H18N4O3S. The Morgan fingerprint density at radius 2 is 2.05 bits per heavy atom. The van der Waals surface area contributed by atoms with Crippen LogP contribution in [0.5, 0.6) is 0 Å². The second-order valence-corrected chi connectivity index (χ2v) is 6.50.